The number of amides is 3. The summed E-state index contributed by atoms with van der Waals surface area (Å²) in [5.41, 5.74) is 16.9. The minimum Gasteiger partial charge on any atom is -0.553 e. The van der Waals surface area contributed by atoms with E-state index in [4.69, 9.17) is 42.6 Å². The monoisotopic (exact) mass is 1840 g/mol. The van der Waals surface area contributed by atoms with E-state index in [0.717, 1.165) is 114 Å². The number of aromatic carboxylic acids is 1. The topological polar surface area (TPSA) is 360 Å². The molecule has 4 aliphatic heterocycles. The zero-order valence-electron chi connectivity index (χ0n) is 73.1. The first-order valence-corrected chi connectivity index (χ1v) is 41.4. The van der Waals surface area contributed by atoms with Crippen molar-refractivity contribution in [3.63, 3.8) is 0 Å². The summed E-state index contributed by atoms with van der Waals surface area (Å²) in [6.45, 7) is 22.4. The van der Waals surface area contributed by atoms with Crippen LogP contribution in [0.4, 0.5) is 39.0 Å². The number of alkyl halides is 1. The Morgan fingerprint density at radius 1 is 0.523 bits per heavy atom. The number of carboxylic acids is 1. The Morgan fingerprint density at radius 3 is 1.18 bits per heavy atom. The Hall–Kier alpha value is -11.5. The molecule has 0 bridgehead atoms. The number of nitrogens with one attached hydrogen (secondary N) is 3. The number of halogens is 5. The van der Waals surface area contributed by atoms with Crippen molar-refractivity contribution in [1.29, 1.82) is 0 Å². The van der Waals surface area contributed by atoms with E-state index in [9.17, 15) is 50.7 Å². The molecule has 5 aromatic heterocycles. The fraction of sp³-hybridized carbons (Fsp3) is 0.323. The van der Waals surface area contributed by atoms with Gasteiger partial charge in [0.1, 0.15) is 40.7 Å². The largest absolute Gasteiger partial charge is 1.00 e. The van der Waals surface area contributed by atoms with Gasteiger partial charge >= 0.3 is 35.5 Å². The van der Waals surface area contributed by atoms with Crippen molar-refractivity contribution in [2.45, 2.75) is 88.8 Å². The summed E-state index contributed by atoms with van der Waals surface area (Å²) in [5.74, 6) is 4.11. The number of nitrogens with zero attached hydrogens (tertiary/aromatic N) is 13. The third kappa shape index (κ3) is 28.5. The average Bonchev–Trinajstić information content (AvgIpc) is 1.62. The number of nitrogen functional groups attached to an aromatic ring is 1. The number of methoxy groups -OCH3 is 3. The van der Waals surface area contributed by atoms with Crippen molar-refractivity contribution >= 4 is 108 Å². The molecule has 13 aromatic rings. The smallest absolute Gasteiger partial charge is 0.553 e. The molecule has 9 heterocycles. The van der Waals surface area contributed by atoms with E-state index in [2.05, 4.69) is 45.4 Å². The zero-order chi connectivity index (χ0) is 92.2. The standard InChI is InChI=1S/C26H25FN6O2S.C16H13FN2O.C15H11FN2O2.C14H13FN2O.C11H16N4OS.C5H12O3.C2H6O.CH3F.3CH4.H2NO.Na/c1-17-29-22-14-18(2-7-23(22)33(17)20-5-3-19(27)4-6-20)25(34)32-15-21(16-32)30-9-11-31(12-10-30)26(35)24-28-8-13-36-24;1-10(20)12-3-8-16-15(9-12)18-11(2)19(16)14-6-4-13(17)5-7-14;1-9-17-13-8-10(15(19)20)2-7-14(13)18(9)12-5-3-11(16)4-6-12;1-9(18)10-2-7-14(13(16)8-10)17-12-5-3-11(15)4-6-12;16-11(10-13-1-6-17-10)15-4-2-14(3-5-15)9-7-12-8-9;1-5(6-2,7-3)8-4;1-2-3;1-2;;;;1-2;/h2-8,13-14,21H,9-12,15-16H2,1H3;3-9H,1-2H3;2-8H,1H3,(H,19,20);2-8,17H,16H2,1H3;1,6,9,12H,2-5,7-8H2;1-4H3;3H,2H2,1H3;1H3;3*1H4;1-2H;/q;;;;;;;;;;;-1;+1/i;;;;;;;1D;;;;;. The number of nitrogens with two attached hydrogens (primary N) is 1. The van der Waals surface area contributed by atoms with E-state index in [1.807, 2.05) is 84.2 Å². The molecule has 690 valence electrons. The van der Waals surface area contributed by atoms with E-state index in [1.54, 1.807) is 111 Å². The molecule has 4 aliphatic rings. The number of fused-ring (bicyclic) bond motifs is 3. The van der Waals surface area contributed by atoms with Crippen LogP contribution in [0.15, 0.2) is 193 Å². The van der Waals surface area contributed by atoms with Crippen LogP contribution in [0.5, 0.6) is 0 Å². The van der Waals surface area contributed by atoms with Crippen LogP contribution < -0.4 is 45.9 Å². The van der Waals surface area contributed by atoms with Gasteiger partial charge in [0.25, 0.3) is 23.7 Å². The number of aryl methyl sites for hydroxylation is 3. The van der Waals surface area contributed by atoms with Gasteiger partial charge in [-0.15, -0.1) is 22.7 Å². The normalized spacial score (nSPS) is 13.5. The molecule has 130 heavy (non-hydrogen) atoms. The second-order valence-electron chi connectivity index (χ2n) is 28.7. The molecule has 29 nitrogen and oxygen atoms in total. The van der Waals surface area contributed by atoms with Gasteiger partial charge in [0, 0.05) is 188 Å². The molecular formula is C93H113F5N17NaO12S2. The third-order valence-corrected chi connectivity index (χ3v) is 22.2. The number of carbonyl (C=O) groups excluding carboxylic acids is 5. The first-order chi connectivity index (χ1) is 61.0. The molecule has 0 unspecified atom stereocenters. The predicted octanol–water partition coefficient (Wildman–Crippen LogP) is 13.8. The number of hydrogen-bond donors (Lipinski definition) is 6. The van der Waals surface area contributed by atoms with E-state index >= 15 is 0 Å². The Morgan fingerprint density at radius 2 is 0.854 bits per heavy atom. The molecule has 0 saturated carbocycles. The summed E-state index contributed by atoms with van der Waals surface area (Å²) in [4.78, 5) is 103. The summed E-state index contributed by atoms with van der Waals surface area (Å²) in [6.07, 6.45) is 3.35. The van der Waals surface area contributed by atoms with Crippen molar-refractivity contribution in [1.82, 2.24) is 68.4 Å². The summed E-state index contributed by atoms with van der Waals surface area (Å²) < 4.78 is 87.8. The molecule has 4 fully saturated rings. The molecule has 8 aromatic carbocycles. The van der Waals surface area contributed by atoms with Gasteiger partial charge in [-0.3, -0.25) is 51.9 Å². The zero-order valence-corrected chi connectivity index (χ0v) is 75.8. The Labute approximate surface area is 785 Å². The van der Waals surface area contributed by atoms with Crippen molar-refractivity contribution in [2.75, 3.05) is 125 Å². The van der Waals surface area contributed by atoms with Crippen LogP contribution in [-0.4, -0.2) is 245 Å². The van der Waals surface area contributed by atoms with E-state index in [1.165, 1.54) is 119 Å². The van der Waals surface area contributed by atoms with Gasteiger partial charge in [-0.2, -0.15) is 0 Å². The number of ether oxygens (including phenoxy) is 3. The number of hydrogen-bond acceptors (Lipinski definition) is 23. The van der Waals surface area contributed by atoms with Gasteiger partial charge in [-0.25, -0.2) is 47.3 Å². The van der Waals surface area contributed by atoms with Crippen LogP contribution in [0.25, 0.3) is 56.1 Å². The van der Waals surface area contributed by atoms with Gasteiger partial charge in [0.15, 0.2) is 21.6 Å². The fourth-order valence-electron chi connectivity index (χ4n) is 13.7. The molecule has 4 saturated heterocycles. The van der Waals surface area contributed by atoms with Crippen molar-refractivity contribution in [3.8, 4) is 17.1 Å². The van der Waals surface area contributed by atoms with Crippen LogP contribution in [0.1, 0.15) is 130 Å². The number of aliphatic hydroxyl groups excluding tert-OH is 1. The maximum absolute atomic E-state index is 13.4. The Balaban J connectivity index is 0.000000283. The summed E-state index contributed by atoms with van der Waals surface area (Å²) in [6, 6.07) is 46.4. The first-order valence-electron chi connectivity index (χ1n) is 40.3. The number of imidazole rings is 3. The predicted molar refractivity (Wildman–Crippen MR) is 496 cm³/mol. The molecule has 8 N–H and O–H groups in total. The number of carbonyl (C=O) groups is 6. The van der Waals surface area contributed by atoms with Crippen molar-refractivity contribution < 1.29 is 111 Å². The minimum absolute atomic E-state index is 0. The van der Waals surface area contributed by atoms with Crippen LogP contribution in [0.2, 0.25) is 0 Å². The van der Waals surface area contributed by atoms with Crippen LogP contribution in [-0.2, 0) is 14.2 Å². The molecule has 17 rings (SSSR count). The first kappa shape index (κ1) is 107. The van der Waals surface area contributed by atoms with Crippen molar-refractivity contribution in [3.05, 3.63) is 272 Å². The fourth-order valence-corrected chi connectivity index (χ4v) is 14.9. The number of Topliss-reactive ketones (excluding diaryl/α,β-unsaturated/α-hetero) is 2. The molecule has 0 aliphatic carbocycles. The Bertz CT molecular complexity index is 5630. The van der Waals surface area contributed by atoms with E-state index in [0.29, 0.717) is 87.7 Å². The maximum atomic E-state index is 13.4. The second-order valence-corrected chi connectivity index (χ2v) is 30.5. The maximum Gasteiger partial charge on any atom is 1.00 e. The van der Waals surface area contributed by atoms with E-state index in [-0.39, 0.29) is 117 Å². The van der Waals surface area contributed by atoms with Crippen LogP contribution in [0.3, 0.4) is 0 Å². The van der Waals surface area contributed by atoms with Gasteiger partial charge in [-0.05, 0) is 211 Å². The van der Waals surface area contributed by atoms with Crippen LogP contribution >= 0.6 is 22.7 Å². The number of thiazole rings is 2. The van der Waals surface area contributed by atoms with Crippen LogP contribution in [0, 0.1) is 44.0 Å². The number of ketones is 2. The number of anilines is 3. The molecular weight excluding hydrogens is 1730 g/mol. The molecule has 3 amide bonds. The number of rotatable bonds is 16. The number of likely N-dealkylation sites (tertiary alicyclic amines) is 1. The summed E-state index contributed by atoms with van der Waals surface area (Å²) >= 11 is 2.79. The van der Waals surface area contributed by atoms with Gasteiger partial charge in [-0.1, -0.05) is 22.3 Å². The minimum atomic E-state index is -1.00. The number of carboxylic acid groups (broad SMARTS) is 1. The second kappa shape index (κ2) is 52.4. The van der Waals surface area contributed by atoms with Crippen molar-refractivity contribution in [2.24, 2.45) is 0 Å². The number of aromatic nitrogens is 8. The summed E-state index contributed by atoms with van der Waals surface area (Å²) in [7, 11) is 3.56. The van der Waals surface area contributed by atoms with Gasteiger partial charge < -0.3 is 66.6 Å². The van der Waals surface area contributed by atoms with Gasteiger partial charge in [0.2, 0.25) is 0 Å². The quantitative estimate of drug-likeness (QED) is 0.0131. The van der Waals surface area contributed by atoms with E-state index < -0.39 is 19.1 Å². The Kier molecular flexibility index (Phi) is 43.3. The average molecular weight is 1840 g/mol. The number of piperazine rings is 2. The molecule has 0 spiro atoms. The number of aliphatic hydroxyl groups is 1. The summed E-state index contributed by atoms with van der Waals surface area (Å²) in [5, 5.41) is 34.0. The number of benzene rings is 8. The SMILES string of the molecule is C.C.C.CC(=O)c1ccc(Nc2ccc(F)cc2)c(N)c1.CC(=O)c1ccc2c(c1)nc(C)n2-c1ccc(F)cc1.CCO.COC(C)(OC)OC.Cc1nc2cc(C(=O)N3CC(N4CCN(C(=O)c5nccs5)CC4)C3)ccc2n1-c1ccc(F)cc1.Cc1nc2cc(C(=O)O)ccc2n1-c1ccc(F)cc1.O=C(c1nccs1)N1CCN(C2CNC2)CC1.[2H]CF.[NH-]O.[Na+]. The molecule has 37 heteroatoms. The third-order valence-electron chi connectivity index (χ3n) is 20.7. The molecule has 0 radical (unpaired) electrons. The molecule has 0 atom stereocenters. The van der Waals surface area contributed by atoms with Gasteiger partial charge in [0.05, 0.1) is 58.6 Å².